The van der Waals surface area contributed by atoms with Crippen molar-refractivity contribution in [3.05, 3.63) is 53.5 Å². The zero-order valence-electron chi connectivity index (χ0n) is 8.95. The molecule has 0 aliphatic heterocycles. The Balaban J connectivity index is 2.33. The Morgan fingerprint density at radius 1 is 1.19 bits per heavy atom. The average molecular weight is 277 g/mol. The Hall–Kier alpha value is -1.28. The first-order valence-electron chi connectivity index (χ1n) is 5.24. The molecule has 0 radical (unpaired) electrons. The maximum absolute atomic E-state index is 5.67. The molecule has 0 saturated heterocycles. The smallest absolute Gasteiger partial charge is 0.134 e. The minimum atomic E-state index is 0.667. The quantitative estimate of drug-likeness (QED) is 0.588. The first-order valence-corrected chi connectivity index (χ1v) is 6.03. The normalized spacial score (nSPS) is 10.3. The van der Waals surface area contributed by atoms with Crippen LogP contribution in [-0.4, -0.2) is 6.61 Å². The van der Waals surface area contributed by atoms with E-state index in [1.165, 1.54) is 10.8 Å². The van der Waals surface area contributed by atoms with Gasteiger partial charge in [-0.1, -0.05) is 36.4 Å². The van der Waals surface area contributed by atoms with Gasteiger partial charge in [-0.3, -0.25) is 0 Å². The Bertz CT molecular complexity index is 505. The molecule has 0 unspecified atom stereocenters. The van der Waals surface area contributed by atoms with Crippen molar-refractivity contribution in [1.82, 2.24) is 0 Å². The third kappa shape index (κ3) is 2.27. The van der Waals surface area contributed by atoms with E-state index in [0.29, 0.717) is 6.61 Å². The summed E-state index contributed by atoms with van der Waals surface area (Å²) in [6, 6.07) is 12.3. The minimum absolute atomic E-state index is 0.667. The van der Waals surface area contributed by atoms with Crippen LogP contribution in [0.1, 0.15) is 6.42 Å². The largest absolute Gasteiger partial charge is 0.492 e. The Morgan fingerprint density at radius 3 is 2.81 bits per heavy atom. The summed E-state index contributed by atoms with van der Waals surface area (Å²) < 4.78 is 6.69. The van der Waals surface area contributed by atoms with Crippen molar-refractivity contribution < 1.29 is 4.74 Å². The second-order valence-corrected chi connectivity index (χ2v) is 4.32. The Labute approximate surface area is 104 Å². The lowest BCUT2D eigenvalue weighted by Crippen LogP contribution is -1.96. The SMILES string of the molecule is C=CCCOc1ccc2ccccc2c1Br. The summed E-state index contributed by atoms with van der Waals surface area (Å²) in [7, 11) is 0. The van der Waals surface area contributed by atoms with E-state index in [1.54, 1.807) is 0 Å². The molecule has 0 N–H and O–H groups in total. The third-order valence-corrected chi connectivity index (χ3v) is 3.23. The molecule has 0 aliphatic rings. The van der Waals surface area contributed by atoms with Crippen molar-refractivity contribution in [3.63, 3.8) is 0 Å². The number of hydrogen-bond donors (Lipinski definition) is 0. The predicted octanol–water partition coefficient (Wildman–Crippen LogP) is 4.56. The Kier molecular flexibility index (Phi) is 3.62. The first-order chi connectivity index (χ1) is 7.83. The van der Waals surface area contributed by atoms with Crippen molar-refractivity contribution in [2.24, 2.45) is 0 Å². The van der Waals surface area contributed by atoms with E-state index in [9.17, 15) is 0 Å². The van der Waals surface area contributed by atoms with Gasteiger partial charge in [0.25, 0.3) is 0 Å². The number of benzene rings is 2. The summed E-state index contributed by atoms with van der Waals surface area (Å²) >= 11 is 3.58. The molecule has 0 amide bonds. The molecule has 0 saturated carbocycles. The lowest BCUT2D eigenvalue weighted by Gasteiger charge is -2.09. The van der Waals surface area contributed by atoms with Gasteiger partial charge in [-0.15, -0.1) is 6.58 Å². The molecule has 0 aromatic heterocycles. The minimum Gasteiger partial charge on any atom is -0.492 e. The lowest BCUT2D eigenvalue weighted by molar-refractivity contribution is 0.323. The van der Waals surface area contributed by atoms with Gasteiger partial charge in [0.1, 0.15) is 5.75 Å². The van der Waals surface area contributed by atoms with Crippen LogP contribution in [0.4, 0.5) is 0 Å². The van der Waals surface area contributed by atoms with Crippen molar-refractivity contribution >= 4 is 26.7 Å². The van der Waals surface area contributed by atoms with Gasteiger partial charge in [-0.05, 0) is 39.2 Å². The van der Waals surface area contributed by atoms with E-state index in [-0.39, 0.29) is 0 Å². The molecule has 82 valence electrons. The zero-order chi connectivity index (χ0) is 11.4. The molecule has 1 nitrogen and oxygen atoms in total. The summed E-state index contributed by atoms with van der Waals surface area (Å²) in [5.41, 5.74) is 0. The number of rotatable bonds is 4. The Morgan fingerprint density at radius 2 is 2.00 bits per heavy atom. The van der Waals surface area contributed by atoms with E-state index in [4.69, 9.17) is 4.74 Å². The predicted molar refractivity (Wildman–Crippen MR) is 72.0 cm³/mol. The molecular formula is C14H13BrO. The number of halogens is 1. The van der Waals surface area contributed by atoms with Crippen LogP contribution < -0.4 is 4.74 Å². The monoisotopic (exact) mass is 276 g/mol. The second kappa shape index (κ2) is 5.17. The fourth-order valence-electron chi connectivity index (χ4n) is 1.58. The highest BCUT2D eigenvalue weighted by Gasteiger charge is 2.04. The highest BCUT2D eigenvalue weighted by molar-refractivity contribution is 9.10. The van der Waals surface area contributed by atoms with Crippen molar-refractivity contribution in [3.8, 4) is 5.75 Å². The molecule has 0 atom stereocenters. The van der Waals surface area contributed by atoms with E-state index in [2.05, 4.69) is 40.7 Å². The van der Waals surface area contributed by atoms with Crippen LogP contribution in [0.3, 0.4) is 0 Å². The van der Waals surface area contributed by atoms with Gasteiger partial charge in [-0.25, -0.2) is 0 Å². The first kappa shape index (κ1) is 11.2. The van der Waals surface area contributed by atoms with Crippen LogP contribution in [0.2, 0.25) is 0 Å². The standard InChI is InChI=1S/C14H13BrO/c1-2-3-10-16-13-9-8-11-6-4-5-7-12(11)14(13)15/h2,4-9H,1,3,10H2. The van der Waals surface area contributed by atoms with Crippen LogP contribution in [0.5, 0.6) is 5.75 Å². The molecular weight excluding hydrogens is 264 g/mol. The summed E-state index contributed by atoms with van der Waals surface area (Å²) in [6.45, 7) is 4.34. The summed E-state index contributed by atoms with van der Waals surface area (Å²) in [5, 5.41) is 2.39. The van der Waals surface area contributed by atoms with Crippen LogP contribution in [0, 0.1) is 0 Å². The van der Waals surface area contributed by atoms with Gasteiger partial charge in [0.2, 0.25) is 0 Å². The lowest BCUT2D eigenvalue weighted by atomic mass is 10.1. The summed E-state index contributed by atoms with van der Waals surface area (Å²) in [4.78, 5) is 0. The molecule has 0 fully saturated rings. The van der Waals surface area contributed by atoms with Gasteiger partial charge >= 0.3 is 0 Å². The van der Waals surface area contributed by atoms with Crippen molar-refractivity contribution in [1.29, 1.82) is 0 Å². The van der Waals surface area contributed by atoms with Gasteiger partial charge < -0.3 is 4.74 Å². The highest BCUT2D eigenvalue weighted by atomic mass is 79.9. The molecule has 0 aliphatic carbocycles. The molecule has 2 rings (SSSR count). The van der Waals surface area contributed by atoms with Crippen molar-refractivity contribution in [2.45, 2.75) is 6.42 Å². The molecule has 2 aromatic carbocycles. The van der Waals surface area contributed by atoms with Gasteiger partial charge in [0.15, 0.2) is 0 Å². The number of hydrogen-bond acceptors (Lipinski definition) is 1. The van der Waals surface area contributed by atoms with Gasteiger partial charge in [0.05, 0.1) is 11.1 Å². The van der Waals surface area contributed by atoms with Crippen LogP contribution in [-0.2, 0) is 0 Å². The molecule has 2 aromatic rings. The summed E-state index contributed by atoms with van der Waals surface area (Å²) in [6.07, 6.45) is 2.72. The summed E-state index contributed by atoms with van der Waals surface area (Å²) in [5.74, 6) is 0.889. The van der Waals surface area contributed by atoms with E-state index in [1.807, 2.05) is 24.3 Å². The fourth-order valence-corrected chi connectivity index (χ4v) is 2.18. The molecule has 2 heteroatoms. The average Bonchev–Trinajstić information content (AvgIpc) is 2.33. The van der Waals surface area contributed by atoms with Gasteiger partial charge in [-0.2, -0.15) is 0 Å². The third-order valence-electron chi connectivity index (χ3n) is 2.41. The molecule has 0 spiro atoms. The maximum atomic E-state index is 5.67. The maximum Gasteiger partial charge on any atom is 0.134 e. The van der Waals surface area contributed by atoms with Crippen molar-refractivity contribution in [2.75, 3.05) is 6.61 Å². The topological polar surface area (TPSA) is 9.23 Å². The highest BCUT2D eigenvalue weighted by Crippen LogP contribution is 2.32. The van der Waals surface area contributed by atoms with Crippen LogP contribution in [0.25, 0.3) is 10.8 Å². The molecule has 16 heavy (non-hydrogen) atoms. The second-order valence-electron chi connectivity index (χ2n) is 3.52. The zero-order valence-corrected chi connectivity index (χ0v) is 10.5. The fraction of sp³-hybridized carbons (Fsp3) is 0.143. The molecule has 0 heterocycles. The number of ether oxygens (including phenoxy) is 1. The van der Waals surface area contributed by atoms with Crippen LogP contribution >= 0.6 is 15.9 Å². The van der Waals surface area contributed by atoms with E-state index < -0.39 is 0 Å². The van der Waals surface area contributed by atoms with Gasteiger partial charge in [0, 0.05) is 0 Å². The molecule has 0 bridgehead atoms. The van der Waals surface area contributed by atoms with E-state index in [0.717, 1.165) is 16.6 Å². The number of fused-ring (bicyclic) bond motifs is 1. The van der Waals surface area contributed by atoms with Crippen LogP contribution in [0.15, 0.2) is 53.5 Å². The van der Waals surface area contributed by atoms with E-state index >= 15 is 0 Å².